The lowest BCUT2D eigenvalue weighted by Crippen LogP contribution is -2.36. The van der Waals surface area contributed by atoms with Gasteiger partial charge in [-0.25, -0.2) is 0 Å². The van der Waals surface area contributed by atoms with E-state index >= 15 is 0 Å². The van der Waals surface area contributed by atoms with Gasteiger partial charge < -0.3 is 24.7 Å². The second-order valence-corrected chi connectivity index (χ2v) is 7.80. The highest BCUT2D eigenvalue weighted by atomic mass is 16.5. The molecule has 0 saturated carbocycles. The topological polar surface area (TPSA) is 90.3 Å². The van der Waals surface area contributed by atoms with Gasteiger partial charge in [-0.2, -0.15) is 0 Å². The number of amides is 2. The third-order valence-electron chi connectivity index (χ3n) is 5.16. The van der Waals surface area contributed by atoms with Gasteiger partial charge in [0.25, 0.3) is 0 Å². The summed E-state index contributed by atoms with van der Waals surface area (Å²) >= 11 is 0. The lowest BCUT2D eigenvalue weighted by atomic mass is 10.1. The summed E-state index contributed by atoms with van der Waals surface area (Å²) in [6.45, 7) is 6.89. The monoisotopic (exact) mass is 430 g/mol. The Hall–Kier alpha value is -1.18. The summed E-state index contributed by atoms with van der Waals surface area (Å²) < 4.78 is 5.65. The van der Waals surface area contributed by atoms with Crippen LogP contribution < -0.4 is 0 Å². The van der Waals surface area contributed by atoms with Gasteiger partial charge in [0.15, 0.2) is 0 Å². The zero-order chi connectivity index (χ0) is 22.5. The first-order valence-corrected chi connectivity index (χ1v) is 12.0. The van der Waals surface area contributed by atoms with E-state index in [0.717, 1.165) is 51.4 Å². The summed E-state index contributed by atoms with van der Waals surface area (Å²) in [5.74, 6) is 0.175. The molecule has 0 atom stereocenters. The average Bonchev–Trinajstić information content (AvgIpc) is 2.74. The van der Waals surface area contributed by atoms with Crippen LogP contribution in [0.2, 0.25) is 0 Å². The molecule has 2 amide bonds. The molecule has 2 N–H and O–H groups in total. The van der Waals surface area contributed by atoms with Crippen LogP contribution in [-0.4, -0.2) is 84.4 Å². The van der Waals surface area contributed by atoms with E-state index in [1.807, 2.05) is 0 Å². The van der Waals surface area contributed by atoms with Crippen LogP contribution in [-0.2, 0) is 14.3 Å². The molecule has 0 unspecified atom stereocenters. The van der Waals surface area contributed by atoms with Crippen LogP contribution in [0.3, 0.4) is 0 Å². The van der Waals surface area contributed by atoms with Crippen LogP contribution in [0, 0.1) is 0 Å². The third kappa shape index (κ3) is 15.6. The quantitative estimate of drug-likeness (QED) is 0.273. The summed E-state index contributed by atoms with van der Waals surface area (Å²) in [7, 11) is 0. The van der Waals surface area contributed by atoms with Gasteiger partial charge in [-0.1, -0.05) is 52.4 Å². The van der Waals surface area contributed by atoms with Crippen molar-refractivity contribution in [2.24, 2.45) is 0 Å². The van der Waals surface area contributed by atoms with E-state index in [2.05, 4.69) is 13.8 Å². The van der Waals surface area contributed by atoms with Crippen molar-refractivity contribution in [1.82, 2.24) is 9.80 Å². The minimum atomic E-state index is -0.0445. The number of hydrogen-bond donors (Lipinski definition) is 2. The zero-order valence-corrected chi connectivity index (χ0v) is 19.4. The Balaban J connectivity index is 4.05. The smallest absolute Gasteiger partial charge is 0.222 e. The van der Waals surface area contributed by atoms with Crippen LogP contribution in [0.1, 0.15) is 84.5 Å². The van der Waals surface area contributed by atoms with Crippen LogP contribution in [0.4, 0.5) is 0 Å². The van der Waals surface area contributed by atoms with Crippen LogP contribution in [0.15, 0.2) is 0 Å². The lowest BCUT2D eigenvalue weighted by molar-refractivity contribution is -0.133. The zero-order valence-electron chi connectivity index (χ0n) is 19.4. The fraction of sp³-hybridized carbons (Fsp3) is 0.913. The number of carbonyl (C=O) groups excluding carboxylic acids is 2. The summed E-state index contributed by atoms with van der Waals surface area (Å²) in [4.78, 5) is 27.9. The summed E-state index contributed by atoms with van der Waals surface area (Å²) in [5, 5.41) is 18.4. The Morgan fingerprint density at radius 1 is 0.633 bits per heavy atom. The van der Waals surface area contributed by atoms with Gasteiger partial charge in [-0.15, -0.1) is 0 Å². The molecule has 7 nitrogen and oxygen atoms in total. The van der Waals surface area contributed by atoms with Gasteiger partial charge >= 0.3 is 0 Å². The van der Waals surface area contributed by atoms with E-state index in [1.54, 1.807) is 9.80 Å². The number of rotatable bonds is 21. The van der Waals surface area contributed by atoms with Crippen molar-refractivity contribution in [2.75, 3.05) is 52.6 Å². The van der Waals surface area contributed by atoms with E-state index in [-0.39, 0.29) is 25.0 Å². The minimum Gasteiger partial charge on any atom is -0.395 e. The largest absolute Gasteiger partial charge is 0.395 e. The predicted molar refractivity (Wildman–Crippen MR) is 120 cm³/mol. The van der Waals surface area contributed by atoms with Crippen molar-refractivity contribution in [3.63, 3.8) is 0 Å². The van der Waals surface area contributed by atoms with E-state index in [9.17, 15) is 19.8 Å². The number of nitrogens with zero attached hydrogens (tertiary/aromatic N) is 2. The second-order valence-electron chi connectivity index (χ2n) is 7.80. The molecule has 0 spiro atoms. The first-order chi connectivity index (χ1) is 14.6. The second kappa shape index (κ2) is 21.1. The molecule has 0 aromatic heterocycles. The lowest BCUT2D eigenvalue weighted by Gasteiger charge is -2.23. The van der Waals surface area contributed by atoms with Gasteiger partial charge in [0.05, 0.1) is 19.8 Å². The highest BCUT2D eigenvalue weighted by molar-refractivity contribution is 5.76. The van der Waals surface area contributed by atoms with Crippen molar-refractivity contribution < 1.29 is 24.5 Å². The highest BCUT2D eigenvalue weighted by Gasteiger charge is 2.14. The fourth-order valence-electron chi connectivity index (χ4n) is 3.32. The molecule has 0 rings (SSSR count). The SMILES string of the molecule is CCCCCCC(=O)N(CCO)CCCOCCN(CCO)C(=O)CCCCCC. The van der Waals surface area contributed by atoms with Gasteiger partial charge in [-0.3, -0.25) is 9.59 Å². The molecule has 0 bridgehead atoms. The number of aliphatic hydroxyl groups is 2. The highest BCUT2D eigenvalue weighted by Crippen LogP contribution is 2.07. The van der Waals surface area contributed by atoms with Crippen LogP contribution in [0.25, 0.3) is 0 Å². The number of unbranched alkanes of at least 4 members (excludes halogenated alkanes) is 6. The Labute approximate surface area is 183 Å². The molecule has 0 aromatic rings. The Kier molecular flexibility index (Phi) is 20.2. The van der Waals surface area contributed by atoms with E-state index in [1.165, 1.54) is 0 Å². The van der Waals surface area contributed by atoms with Crippen molar-refractivity contribution >= 4 is 11.8 Å². The maximum atomic E-state index is 12.3. The molecule has 0 aliphatic rings. The molecule has 178 valence electrons. The number of carbonyl (C=O) groups is 2. The molecule has 0 aliphatic carbocycles. The number of aliphatic hydroxyl groups excluding tert-OH is 2. The van der Waals surface area contributed by atoms with E-state index < -0.39 is 0 Å². The van der Waals surface area contributed by atoms with Crippen molar-refractivity contribution in [3.8, 4) is 0 Å². The van der Waals surface area contributed by atoms with E-state index in [4.69, 9.17) is 4.74 Å². The summed E-state index contributed by atoms with van der Waals surface area (Å²) in [6.07, 6.45) is 10.3. The Morgan fingerprint density at radius 2 is 1.13 bits per heavy atom. The normalized spacial score (nSPS) is 10.9. The maximum absolute atomic E-state index is 12.3. The van der Waals surface area contributed by atoms with Gasteiger partial charge in [0.1, 0.15) is 0 Å². The first-order valence-electron chi connectivity index (χ1n) is 12.0. The van der Waals surface area contributed by atoms with Gasteiger partial charge in [0.2, 0.25) is 11.8 Å². The Morgan fingerprint density at radius 3 is 1.60 bits per heavy atom. The number of hydrogen-bond acceptors (Lipinski definition) is 5. The molecule has 30 heavy (non-hydrogen) atoms. The standard InChI is InChI=1S/C23H46N2O5/c1-3-5-7-9-12-22(28)24(15-18-26)14-11-20-30-21-17-25(16-19-27)23(29)13-10-8-6-4-2/h26-27H,3-21H2,1-2H3. The Bertz CT molecular complexity index is 382. The summed E-state index contributed by atoms with van der Waals surface area (Å²) in [5.41, 5.74) is 0. The predicted octanol–water partition coefficient (Wildman–Crippen LogP) is 2.98. The first kappa shape index (κ1) is 28.8. The molecule has 0 saturated heterocycles. The van der Waals surface area contributed by atoms with E-state index in [0.29, 0.717) is 58.7 Å². The molecule has 7 heteroatoms. The number of ether oxygens (including phenoxy) is 1. The van der Waals surface area contributed by atoms with Crippen molar-refractivity contribution in [2.45, 2.75) is 84.5 Å². The van der Waals surface area contributed by atoms with Crippen LogP contribution in [0.5, 0.6) is 0 Å². The molecule has 0 aliphatic heterocycles. The molecular weight excluding hydrogens is 384 g/mol. The summed E-state index contributed by atoms with van der Waals surface area (Å²) in [6, 6.07) is 0. The molecular formula is C23H46N2O5. The fourth-order valence-corrected chi connectivity index (χ4v) is 3.32. The molecule has 0 fully saturated rings. The minimum absolute atomic E-state index is 0.0297. The maximum Gasteiger partial charge on any atom is 0.222 e. The van der Waals surface area contributed by atoms with Gasteiger partial charge in [-0.05, 0) is 19.3 Å². The van der Waals surface area contributed by atoms with Crippen molar-refractivity contribution in [1.29, 1.82) is 0 Å². The molecule has 0 heterocycles. The van der Waals surface area contributed by atoms with Crippen LogP contribution >= 0.6 is 0 Å². The van der Waals surface area contributed by atoms with Crippen molar-refractivity contribution in [3.05, 3.63) is 0 Å². The third-order valence-corrected chi connectivity index (χ3v) is 5.16. The van der Waals surface area contributed by atoms with Gasteiger partial charge in [0, 0.05) is 45.6 Å². The molecule has 0 aromatic carbocycles. The molecule has 0 radical (unpaired) electrons. The average molecular weight is 431 g/mol.